The molecule has 1 atom stereocenters. The zero-order chi connectivity index (χ0) is 18.5. The van der Waals surface area contributed by atoms with Crippen LogP contribution in [0.5, 0.6) is 0 Å². The van der Waals surface area contributed by atoms with Crippen LogP contribution in [0.4, 0.5) is 0 Å². The number of amides is 1. The lowest BCUT2D eigenvalue weighted by molar-refractivity contribution is 0.0600. The van der Waals surface area contributed by atoms with Crippen molar-refractivity contribution in [2.75, 3.05) is 13.7 Å². The minimum atomic E-state index is -0.773. The van der Waals surface area contributed by atoms with Crippen LogP contribution in [0.3, 0.4) is 0 Å². The summed E-state index contributed by atoms with van der Waals surface area (Å²) in [6.45, 7) is 0.112. The lowest BCUT2D eigenvalue weighted by atomic mass is 10.1. The summed E-state index contributed by atoms with van der Waals surface area (Å²) in [7, 11) is 1.30. The highest BCUT2D eigenvalue weighted by atomic mass is 32.1. The lowest BCUT2D eigenvalue weighted by Gasteiger charge is -2.10. The first-order valence-electron chi connectivity index (χ1n) is 7.85. The Morgan fingerprint density at radius 1 is 1.12 bits per heavy atom. The van der Waals surface area contributed by atoms with Gasteiger partial charge in [-0.3, -0.25) is 4.79 Å². The Kier molecular flexibility index (Phi) is 5.82. The number of hydrogen-bond acceptors (Lipinski definition) is 6. The van der Waals surface area contributed by atoms with Gasteiger partial charge in [0.1, 0.15) is 6.10 Å². The maximum absolute atomic E-state index is 12.2. The van der Waals surface area contributed by atoms with E-state index in [0.717, 1.165) is 15.3 Å². The molecule has 3 aromatic rings. The molecule has 0 bridgehead atoms. The Balaban J connectivity index is 1.58. The minimum absolute atomic E-state index is 0.112. The number of aliphatic hydroxyl groups is 1. The lowest BCUT2D eigenvalue weighted by Crippen LogP contribution is -2.28. The van der Waals surface area contributed by atoms with Gasteiger partial charge in [0.2, 0.25) is 0 Å². The Morgan fingerprint density at radius 3 is 2.50 bits per heavy atom. The first kappa shape index (κ1) is 18.3. The molecule has 0 radical (unpaired) electrons. The molecule has 0 aliphatic rings. The standard InChI is InChI=1S/C19H17NO4S2/c1-24-19(23)13-4-2-12(3-5-13)18(22)20-10-15(21)17-7-6-16(26-17)14-8-9-25-11-14/h2-9,11,15,21H,10H2,1H3,(H,20,22). The number of methoxy groups -OCH3 is 1. The van der Waals surface area contributed by atoms with Crippen LogP contribution >= 0.6 is 22.7 Å². The smallest absolute Gasteiger partial charge is 0.337 e. The van der Waals surface area contributed by atoms with Crippen LogP contribution in [0.1, 0.15) is 31.7 Å². The van der Waals surface area contributed by atoms with E-state index in [2.05, 4.69) is 15.4 Å². The van der Waals surface area contributed by atoms with Gasteiger partial charge in [0.05, 0.1) is 12.7 Å². The van der Waals surface area contributed by atoms with Crippen molar-refractivity contribution in [2.45, 2.75) is 6.10 Å². The summed E-state index contributed by atoms with van der Waals surface area (Å²) < 4.78 is 4.62. The molecule has 26 heavy (non-hydrogen) atoms. The molecule has 1 aromatic carbocycles. The highest BCUT2D eigenvalue weighted by molar-refractivity contribution is 7.16. The molecule has 3 rings (SSSR count). The second-order valence-electron chi connectivity index (χ2n) is 5.51. The fourth-order valence-corrected chi connectivity index (χ4v) is 4.08. The highest BCUT2D eigenvalue weighted by Gasteiger charge is 2.14. The predicted molar refractivity (Wildman–Crippen MR) is 103 cm³/mol. The van der Waals surface area contributed by atoms with E-state index in [4.69, 9.17) is 0 Å². The van der Waals surface area contributed by atoms with Crippen molar-refractivity contribution in [1.82, 2.24) is 5.32 Å². The maximum Gasteiger partial charge on any atom is 0.337 e. The number of esters is 1. The number of carbonyl (C=O) groups is 2. The van der Waals surface area contributed by atoms with Crippen molar-refractivity contribution in [2.24, 2.45) is 0 Å². The molecule has 0 aliphatic heterocycles. The summed E-state index contributed by atoms with van der Waals surface area (Å²) in [6, 6.07) is 12.0. The number of nitrogens with one attached hydrogen (secondary N) is 1. The van der Waals surface area contributed by atoms with Gasteiger partial charge in [0.15, 0.2) is 0 Å². The number of hydrogen-bond donors (Lipinski definition) is 2. The van der Waals surface area contributed by atoms with Crippen molar-refractivity contribution in [3.05, 3.63) is 69.2 Å². The third-order valence-electron chi connectivity index (χ3n) is 3.79. The Labute approximate surface area is 158 Å². The third kappa shape index (κ3) is 4.19. The summed E-state index contributed by atoms with van der Waals surface area (Å²) in [5.74, 6) is -0.762. The molecule has 2 aromatic heterocycles. The van der Waals surface area contributed by atoms with E-state index < -0.39 is 12.1 Å². The number of thiophene rings is 2. The van der Waals surface area contributed by atoms with Crippen LogP contribution in [-0.4, -0.2) is 30.6 Å². The van der Waals surface area contributed by atoms with E-state index in [1.165, 1.54) is 30.6 Å². The van der Waals surface area contributed by atoms with Crippen molar-refractivity contribution in [3.63, 3.8) is 0 Å². The molecule has 0 aliphatic carbocycles. The van der Waals surface area contributed by atoms with Crippen LogP contribution in [-0.2, 0) is 4.74 Å². The van der Waals surface area contributed by atoms with Gasteiger partial charge < -0.3 is 15.2 Å². The van der Waals surface area contributed by atoms with Gasteiger partial charge in [0, 0.05) is 27.4 Å². The summed E-state index contributed by atoms with van der Waals surface area (Å²) in [5.41, 5.74) is 1.92. The number of aliphatic hydroxyl groups excluding tert-OH is 1. The third-order valence-corrected chi connectivity index (χ3v) is 5.70. The molecule has 0 fully saturated rings. The van der Waals surface area contributed by atoms with E-state index in [1.807, 2.05) is 23.6 Å². The summed E-state index contributed by atoms with van der Waals surface area (Å²) in [6.07, 6.45) is -0.773. The SMILES string of the molecule is COC(=O)c1ccc(C(=O)NCC(O)c2ccc(-c3ccsc3)s2)cc1. The minimum Gasteiger partial charge on any atom is -0.465 e. The summed E-state index contributed by atoms with van der Waals surface area (Å²) >= 11 is 3.13. The second kappa shape index (κ2) is 8.27. The topological polar surface area (TPSA) is 75.6 Å². The fourth-order valence-electron chi connectivity index (χ4n) is 2.36. The molecule has 7 heteroatoms. The van der Waals surface area contributed by atoms with E-state index in [9.17, 15) is 14.7 Å². The summed E-state index contributed by atoms with van der Waals surface area (Å²) in [4.78, 5) is 25.5. The Bertz CT molecular complexity index is 885. The van der Waals surface area contributed by atoms with Crippen molar-refractivity contribution < 1.29 is 19.4 Å². The van der Waals surface area contributed by atoms with E-state index in [0.29, 0.717) is 11.1 Å². The van der Waals surface area contributed by atoms with Crippen LogP contribution in [0.2, 0.25) is 0 Å². The molecule has 0 saturated carbocycles. The van der Waals surface area contributed by atoms with Gasteiger partial charge in [-0.05, 0) is 53.2 Å². The average Bonchev–Trinajstić information content (AvgIpc) is 3.36. The molecule has 1 unspecified atom stereocenters. The predicted octanol–water partition coefficient (Wildman–Crippen LogP) is 3.73. The van der Waals surface area contributed by atoms with Gasteiger partial charge in [0.25, 0.3) is 5.91 Å². The van der Waals surface area contributed by atoms with E-state index >= 15 is 0 Å². The summed E-state index contributed by atoms with van der Waals surface area (Å²) in [5, 5.41) is 17.1. The van der Waals surface area contributed by atoms with E-state index in [1.54, 1.807) is 23.5 Å². The molecular weight excluding hydrogens is 370 g/mol. The van der Waals surface area contributed by atoms with Gasteiger partial charge in [-0.15, -0.1) is 11.3 Å². The van der Waals surface area contributed by atoms with Gasteiger partial charge in [-0.1, -0.05) is 0 Å². The highest BCUT2D eigenvalue weighted by Crippen LogP contribution is 2.32. The Hall–Kier alpha value is -2.48. The zero-order valence-electron chi connectivity index (χ0n) is 14.0. The van der Waals surface area contributed by atoms with Crippen molar-refractivity contribution >= 4 is 34.6 Å². The number of carbonyl (C=O) groups excluding carboxylic acids is 2. The molecule has 2 N–H and O–H groups in total. The molecule has 0 spiro atoms. The number of benzene rings is 1. The Morgan fingerprint density at radius 2 is 1.85 bits per heavy atom. The van der Waals surface area contributed by atoms with Gasteiger partial charge in [-0.2, -0.15) is 11.3 Å². The molecule has 2 heterocycles. The fraction of sp³-hybridized carbons (Fsp3) is 0.158. The first-order valence-corrected chi connectivity index (χ1v) is 9.61. The van der Waals surface area contributed by atoms with Gasteiger partial charge >= 0.3 is 5.97 Å². The first-order chi connectivity index (χ1) is 12.6. The van der Waals surface area contributed by atoms with Gasteiger partial charge in [-0.25, -0.2) is 4.79 Å². The van der Waals surface area contributed by atoms with Crippen LogP contribution in [0.15, 0.2) is 53.2 Å². The number of rotatable bonds is 6. The monoisotopic (exact) mass is 387 g/mol. The normalized spacial score (nSPS) is 11.8. The molecule has 1 amide bonds. The molecule has 5 nitrogen and oxygen atoms in total. The molecule has 0 saturated heterocycles. The van der Waals surface area contributed by atoms with Crippen molar-refractivity contribution in [3.8, 4) is 10.4 Å². The maximum atomic E-state index is 12.2. The number of ether oxygens (including phenoxy) is 1. The second-order valence-corrected chi connectivity index (χ2v) is 7.40. The molecule has 134 valence electrons. The average molecular weight is 387 g/mol. The zero-order valence-corrected chi connectivity index (χ0v) is 15.6. The van der Waals surface area contributed by atoms with E-state index in [-0.39, 0.29) is 12.5 Å². The largest absolute Gasteiger partial charge is 0.465 e. The van der Waals surface area contributed by atoms with Crippen LogP contribution in [0, 0.1) is 0 Å². The van der Waals surface area contributed by atoms with Crippen LogP contribution in [0.25, 0.3) is 10.4 Å². The van der Waals surface area contributed by atoms with Crippen molar-refractivity contribution in [1.29, 1.82) is 0 Å². The van der Waals surface area contributed by atoms with Crippen LogP contribution < -0.4 is 5.32 Å². The molecular formula is C19H17NO4S2. The quantitative estimate of drug-likeness (QED) is 0.632.